The average molecular weight is 329 g/mol. The zero-order chi connectivity index (χ0) is 13.3. The van der Waals surface area contributed by atoms with Gasteiger partial charge in [-0.25, -0.2) is 0 Å². The molecular weight excluding hydrogens is 318 g/mol. The van der Waals surface area contributed by atoms with Crippen molar-refractivity contribution < 1.29 is 9.90 Å². The lowest BCUT2D eigenvalue weighted by molar-refractivity contribution is -0.136. The molecule has 5 heteroatoms. The first kappa shape index (κ1) is 13.3. The Hall–Kier alpha value is -1.13. The van der Waals surface area contributed by atoms with Crippen LogP contribution in [0.15, 0.2) is 22.7 Å². The fourth-order valence-electron chi connectivity index (χ4n) is 1.87. The number of benzene rings is 1. The average Bonchev–Trinajstić information content (AvgIpc) is 2.30. The molecule has 1 N–H and O–H groups in total. The van der Waals surface area contributed by atoms with Gasteiger partial charge in [0.05, 0.1) is 10.5 Å². The Kier molecular flexibility index (Phi) is 3.88. The third-order valence-electron chi connectivity index (χ3n) is 2.77. The van der Waals surface area contributed by atoms with E-state index in [1.54, 1.807) is 0 Å². The van der Waals surface area contributed by atoms with Crippen LogP contribution in [0, 0.1) is 6.92 Å². The first-order valence-electron chi connectivity index (χ1n) is 5.45. The number of nitrogens with zero attached hydrogens (tertiary/aromatic N) is 1. The number of carbonyl (C=O) groups is 1. The number of aromatic nitrogens is 1. The van der Waals surface area contributed by atoms with Crippen LogP contribution in [0.2, 0.25) is 5.02 Å². The second-order valence-electron chi connectivity index (χ2n) is 4.04. The van der Waals surface area contributed by atoms with Crippen LogP contribution in [0.1, 0.15) is 17.7 Å². The zero-order valence-electron chi connectivity index (χ0n) is 9.70. The van der Waals surface area contributed by atoms with E-state index in [0.29, 0.717) is 11.4 Å². The summed E-state index contributed by atoms with van der Waals surface area (Å²) in [5.41, 5.74) is 2.42. The van der Waals surface area contributed by atoms with Gasteiger partial charge < -0.3 is 5.11 Å². The molecule has 1 heterocycles. The van der Waals surface area contributed by atoms with Crippen molar-refractivity contribution >= 4 is 44.4 Å². The quantitative estimate of drug-likeness (QED) is 0.927. The van der Waals surface area contributed by atoms with Crippen molar-refractivity contribution in [2.75, 3.05) is 0 Å². The SMILES string of the molecule is Cc1nc2ccc(Br)cc2c(Cl)c1CCC(=O)O. The number of hydrogen-bond acceptors (Lipinski definition) is 2. The summed E-state index contributed by atoms with van der Waals surface area (Å²) >= 11 is 9.74. The fourth-order valence-corrected chi connectivity index (χ4v) is 2.62. The molecule has 1 aromatic heterocycles. The summed E-state index contributed by atoms with van der Waals surface area (Å²) < 4.78 is 0.923. The van der Waals surface area contributed by atoms with Crippen molar-refractivity contribution in [2.45, 2.75) is 19.8 Å². The molecule has 0 radical (unpaired) electrons. The Bertz CT molecular complexity index is 628. The highest BCUT2D eigenvalue weighted by molar-refractivity contribution is 9.10. The molecule has 0 aliphatic heterocycles. The molecule has 0 aliphatic carbocycles. The van der Waals surface area contributed by atoms with Crippen molar-refractivity contribution in [1.29, 1.82) is 0 Å². The summed E-state index contributed by atoms with van der Waals surface area (Å²) in [6.45, 7) is 1.85. The van der Waals surface area contributed by atoms with Gasteiger partial charge in [0.25, 0.3) is 0 Å². The van der Waals surface area contributed by atoms with Crippen LogP contribution in [0.25, 0.3) is 10.9 Å². The van der Waals surface area contributed by atoms with Gasteiger partial charge in [0.2, 0.25) is 0 Å². The molecule has 1 aromatic carbocycles. The zero-order valence-corrected chi connectivity index (χ0v) is 12.0. The van der Waals surface area contributed by atoms with Crippen LogP contribution in [0.5, 0.6) is 0 Å². The Morgan fingerprint density at radius 3 is 2.89 bits per heavy atom. The van der Waals surface area contributed by atoms with Crippen LogP contribution in [0.4, 0.5) is 0 Å². The maximum atomic E-state index is 10.6. The first-order chi connectivity index (χ1) is 8.49. The van der Waals surface area contributed by atoms with Gasteiger partial charge in [-0.1, -0.05) is 27.5 Å². The lowest BCUT2D eigenvalue weighted by Crippen LogP contribution is -2.01. The van der Waals surface area contributed by atoms with Gasteiger partial charge in [-0.15, -0.1) is 0 Å². The van der Waals surface area contributed by atoms with Gasteiger partial charge in [-0.2, -0.15) is 0 Å². The summed E-state index contributed by atoms with van der Waals surface area (Å²) in [4.78, 5) is 15.1. The molecule has 94 valence electrons. The van der Waals surface area contributed by atoms with Crippen LogP contribution in [-0.4, -0.2) is 16.1 Å². The minimum absolute atomic E-state index is 0.0573. The van der Waals surface area contributed by atoms with E-state index in [9.17, 15) is 4.79 Å². The second-order valence-corrected chi connectivity index (χ2v) is 5.34. The molecule has 0 saturated carbocycles. The molecule has 0 amide bonds. The maximum absolute atomic E-state index is 10.6. The highest BCUT2D eigenvalue weighted by atomic mass is 79.9. The van der Waals surface area contributed by atoms with Gasteiger partial charge >= 0.3 is 5.97 Å². The molecule has 18 heavy (non-hydrogen) atoms. The second kappa shape index (κ2) is 5.24. The van der Waals surface area contributed by atoms with Gasteiger partial charge in [0.1, 0.15) is 0 Å². The molecule has 0 aliphatic rings. The normalized spacial score (nSPS) is 10.8. The van der Waals surface area contributed by atoms with Crippen LogP contribution in [-0.2, 0) is 11.2 Å². The smallest absolute Gasteiger partial charge is 0.303 e. The highest BCUT2D eigenvalue weighted by Gasteiger charge is 2.12. The highest BCUT2D eigenvalue weighted by Crippen LogP contribution is 2.30. The fraction of sp³-hybridized carbons (Fsp3) is 0.231. The number of aliphatic carboxylic acids is 1. The van der Waals surface area contributed by atoms with Gasteiger partial charge in [-0.05, 0) is 37.1 Å². The van der Waals surface area contributed by atoms with E-state index < -0.39 is 5.97 Å². The maximum Gasteiger partial charge on any atom is 0.303 e. The molecule has 3 nitrogen and oxygen atoms in total. The number of fused-ring (bicyclic) bond motifs is 1. The summed E-state index contributed by atoms with van der Waals surface area (Å²) in [7, 11) is 0. The van der Waals surface area contributed by atoms with E-state index in [1.807, 2.05) is 25.1 Å². The summed E-state index contributed by atoms with van der Waals surface area (Å²) in [5, 5.41) is 10.2. The van der Waals surface area contributed by atoms with E-state index in [-0.39, 0.29) is 6.42 Å². The van der Waals surface area contributed by atoms with Crippen molar-refractivity contribution in [2.24, 2.45) is 0 Å². The topological polar surface area (TPSA) is 50.2 Å². The van der Waals surface area contributed by atoms with E-state index in [1.165, 1.54) is 0 Å². The van der Waals surface area contributed by atoms with Gasteiger partial charge in [0.15, 0.2) is 0 Å². The van der Waals surface area contributed by atoms with Crippen molar-refractivity contribution in [3.63, 3.8) is 0 Å². The number of hydrogen-bond donors (Lipinski definition) is 1. The van der Waals surface area contributed by atoms with E-state index in [2.05, 4.69) is 20.9 Å². The Morgan fingerprint density at radius 1 is 1.50 bits per heavy atom. The van der Waals surface area contributed by atoms with E-state index in [0.717, 1.165) is 26.6 Å². The number of aryl methyl sites for hydroxylation is 1. The summed E-state index contributed by atoms with van der Waals surface area (Å²) in [5.74, 6) is -0.834. The standard InChI is InChI=1S/C13H11BrClNO2/c1-7-9(3-5-12(17)18)13(15)10-6-8(14)2-4-11(10)16-7/h2,4,6H,3,5H2,1H3,(H,17,18). The largest absolute Gasteiger partial charge is 0.481 e. The number of halogens is 2. The Balaban J connectivity index is 2.56. The van der Waals surface area contributed by atoms with Crippen LogP contribution < -0.4 is 0 Å². The minimum atomic E-state index is -0.834. The minimum Gasteiger partial charge on any atom is -0.481 e. The molecule has 0 atom stereocenters. The molecular formula is C13H11BrClNO2. The number of pyridine rings is 1. The first-order valence-corrected chi connectivity index (χ1v) is 6.62. The lowest BCUT2D eigenvalue weighted by Gasteiger charge is -2.10. The third-order valence-corrected chi connectivity index (χ3v) is 3.70. The van der Waals surface area contributed by atoms with Gasteiger partial charge in [0, 0.05) is 22.0 Å². The van der Waals surface area contributed by atoms with E-state index in [4.69, 9.17) is 16.7 Å². The van der Waals surface area contributed by atoms with Crippen molar-refractivity contribution in [3.8, 4) is 0 Å². The van der Waals surface area contributed by atoms with E-state index >= 15 is 0 Å². The summed E-state index contributed by atoms with van der Waals surface area (Å²) in [6.07, 6.45) is 0.456. The van der Waals surface area contributed by atoms with Crippen LogP contribution in [0.3, 0.4) is 0 Å². The molecule has 2 rings (SSSR count). The van der Waals surface area contributed by atoms with Crippen molar-refractivity contribution in [1.82, 2.24) is 4.98 Å². The number of carboxylic acids is 1. The lowest BCUT2D eigenvalue weighted by atomic mass is 10.0. The van der Waals surface area contributed by atoms with Gasteiger partial charge in [-0.3, -0.25) is 9.78 Å². The third kappa shape index (κ3) is 2.65. The number of carboxylic acid groups (broad SMARTS) is 1. The molecule has 0 fully saturated rings. The predicted molar refractivity (Wildman–Crippen MR) is 75.1 cm³/mol. The molecule has 0 saturated heterocycles. The Labute approximate surface area is 118 Å². The predicted octanol–water partition coefficient (Wildman–Crippen LogP) is 3.98. The monoisotopic (exact) mass is 327 g/mol. The number of rotatable bonds is 3. The molecule has 0 bridgehead atoms. The van der Waals surface area contributed by atoms with Crippen molar-refractivity contribution in [3.05, 3.63) is 39.0 Å². The molecule has 0 spiro atoms. The Morgan fingerprint density at radius 2 is 2.22 bits per heavy atom. The molecule has 2 aromatic rings. The van der Waals surface area contributed by atoms with Crippen LogP contribution >= 0.6 is 27.5 Å². The molecule has 0 unspecified atom stereocenters. The summed E-state index contributed by atoms with van der Waals surface area (Å²) in [6, 6.07) is 5.69.